The second-order valence-corrected chi connectivity index (χ2v) is 12.8. The van der Waals surface area contributed by atoms with Crippen molar-refractivity contribution >= 4 is 35.8 Å². The Labute approximate surface area is 265 Å². The SMILES string of the molecule is CCn1nccc1N(C=O)[C@H](C(=O)Nc1ccc([C@H](C)[C@@H](NC(=O)NC2CC2)C(=O)N2CCN(C)CC2)cc1)C1CCCCC1. The molecule has 1 saturated heterocycles. The summed E-state index contributed by atoms with van der Waals surface area (Å²) < 4.78 is 1.73. The number of nitrogens with zero attached hydrogens (tertiary/aromatic N) is 5. The van der Waals surface area contributed by atoms with Crippen molar-refractivity contribution < 1.29 is 19.2 Å². The summed E-state index contributed by atoms with van der Waals surface area (Å²) in [5.41, 5.74) is 1.48. The van der Waals surface area contributed by atoms with Crippen LogP contribution in [0.2, 0.25) is 0 Å². The molecule has 12 nitrogen and oxygen atoms in total. The van der Waals surface area contributed by atoms with Crippen molar-refractivity contribution in [3.05, 3.63) is 42.1 Å². The fourth-order valence-electron chi connectivity index (χ4n) is 6.57. The first kappa shape index (κ1) is 32.5. The second-order valence-electron chi connectivity index (χ2n) is 12.8. The van der Waals surface area contributed by atoms with E-state index in [1.807, 2.05) is 50.1 Å². The molecule has 45 heavy (non-hydrogen) atoms. The van der Waals surface area contributed by atoms with E-state index in [-0.39, 0.29) is 35.7 Å². The molecule has 1 aromatic carbocycles. The standard InChI is InChI=1S/C33H48N8O4/c1-4-41-28(16-17-34-41)40(22-42)30(25-8-6-5-7-9-25)31(43)35-26-12-10-24(11-13-26)23(2)29(37-33(45)36-27-14-15-27)32(44)39-20-18-38(3)19-21-39/h10-13,16-17,22-23,25,27,29-30H,4-9,14-15,18-21H2,1-3H3,(H,35,43)(H2,36,37,45)/t23-,29+,30-/m0/s1. The monoisotopic (exact) mass is 620 g/mol. The fraction of sp³-hybridized carbons (Fsp3) is 0.606. The second kappa shape index (κ2) is 14.9. The molecule has 3 fully saturated rings. The summed E-state index contributed by atoms with van der Waals surface area (Å²) in [7, 11) is 2.04. The molecule has 1 aromatic heterocycles. The Morgan fingerprint density at radius 3 is 2.31 bits per heavy atom. The Hall–Kier alpha value is -3.93. The summed E-state index contributed by atoms with van der Waals surface area (Å²) in [5.74, 6) is 0.0192. The number of hydrogen-bond acceptors (Lipinski definition) is 6. The molecule has 244 valence electrons. The number of carbonyl (C=O) groups is 4. The molecule has 1 aliphatic heterocycles. The first-order chi connectivity index (χ1) is 21.8. The molecule has 3 N–H and O–H groups in total. The molecule has 3 aliphatic rings. The molecule has 12 heteroatoms. The van der Waals surface area contributed by atoms with Crippen molar-refractivity contribution in [1.29, 1.82) is 0 Å². The van der Waals surface area contributed by atoms with E-state index in [0.717, 1.165) is 70.0 Å². The van der Waals surface area contributed by atoms with Gasteiger partial charge in [-0.05, 0) is 63.3 Å². The first-order valence-corrected chi connectivity index (χ1v) is 16.5. The summed E-state index contributed by atoms with van der Waals surface area (Å²) in [6, 6.07) is 7.67. The maximum Gasteiger partial charge on any atom is 0.315 e. The molecule has 5 rings (SSSR count). The van der Waals surface area contributed by atoms with E-state index in [1.54, 1.807) is 16.9 Å². The van der Waals surface area contributed by atoms with E-state index in [2.05, 4.69) is 25.9 Å². The molecule has 0 spiro atoms. The van der Waals surface area contributed by atoms with E-state index >= 15 is 0 Å². The van der Waals surface area contributed by atoms with Gasteiger partial charge in [-0.15, -0.1) is 0 Å². The molecule has 0 bridgehead atoms. The summed E-state index contributed by atoms with van der Waals surface area (Å²) >= 11 is 0. The summed E-state index contributed by atoms with van der Waals surface area (Å²) in [6.45, 7) is 7.31. The van der Waals surface area contributed by atoms with Gasteiger partial charge in [-0.3, -0.25) is 19.3 Å². The van der Waals surface area contributed by atoms with Crippen LogP contribution in [-0.2, 0) is 20.9 Å². The van der Waals surface area contributed by atoms with Crippen molar-refractivity contribution in [2.75, 3.05) is 43.4 Å². The lowest BCUT2D eigenvalue weighted by Crippen LogP contribution is -2.57. The zero-order valence-corrected chi connectivity index (χ0v) is 26.8. The maximum absolute atomic E-state index is 13.9. The van der Waals surface area contributed by atoms with Crippen LogP contribution in [0.15, 0.2) is 36.5 Å². The number of piperazine rings is 1. The minimum absolute atomic E-state index is 0.0395. The highest BCUT2D eigenvalue weighted by Gasteiger charge is 2.37. The van der Waals surface area contributed by atoms with E-state index in [1.165, 1.54) is 4.90 Å². The van der Waals surface area contributed by atoms with Gasteiger partial charge < -0.3 is 25.8 Å². The molecule has 2 heterocycles. The Bertz CT molecular complexity index is 1310. The number of hydrogen-bond donors (Lipinski definition) is 3. The van der Waals surface area contributed by atoms with Crippen LogP contribution in [0, 0.1) is 5.92 Å². The lowest BCUT2D eigenvalue weighted by atomic mass is 9.82. The van der Waals surface area contributed by atoms with Crippen LogP contribution in [-0.4, -0.2) is 95.2 Å². The number of carbonyl (C=O) groups excluding carboxylic acids is 4. The number of likely N-dealkylation sites (N-methyl/N-ethyl adjacent to an activating group) is 1. The number of rotatable bonds is 12. The van der Waals surface area contributed by atoms with Crippen molar-refractivity contribution in [2.45, 2.75) is 89.4 Å². The highest BCUT2D eigenvalue weighted by Crippen LogP contribution is 2.32. The highest BCUT2D eigenvalue weighted by atomic mass is 16.2. The number of urea groups is 1. The van der Waals surface area contributed by atoms with Crippen LogP contribution in [0.25, 0.3) is 0 Å². The zero-order valence-electron chi connectivity index (χ0n) is 26.8. The van der Waals surface area contributed by atoms with E-state index in [4.69, 9.17) is 0 Å². The van der Waals surface area contributed by atoms with Gasteiger partial charge >= 0.3 is 6.03 Å². The van der Waals surface area contributed by atoms with Gasteiger partial charge in [0.15, 0.2) is 0 Å². The minimum atomic E-state index is -0.729. The van der Waals surface area contributed by atoms with Gasteiger partial charge in [0.25, 0.3) is 0 Å². The predicted octanol–water partition coefficient (Wildman–Crippen LogP) is 3.16. The minimum Gasteiger partial charge on any atom is -0.338 e. The largest absolute Gasteiger partial charge is 0.338 e. The number of aromatic nitrogens is 2. The van der Waals surface area contributed by atoms with Crippen LogP contribution in [0.4, 0.5) is 16.3 Å². The Balaban J connectivity index is 1.32. The fourth-order valence-corrected chi connectivity index (χ4v) is 6.57. The van der Waals surface area contributed by atoms with Crippen LogP contribution in [0.5, 0.6) is 0 Å². The third-order valence-electron chi connectivity index (χ3n) is 9.52. The number of nitrogens with one attached hydrogen (secondary N) is 3. The number of amides is 5. The van der Waals surface area contributed by atoms with Crippen molar-refractivity contribution in [2.24, 2.45) is 5.92 Å². The van der Waals surface area contributed by atoms with Crippen LogP contribution < -0.4 is 20.9 Å². The van der Waals surface area contributed by atoms with E-state index in [0.29, 0.717) is 31.1 Å². The lowest BCUT2D eigenvalue weighted by Gasteiger charge is -2.36. The first-order valence-electron chi connectivity index (χ1n) is 16.5. The average molecular weight is 621 g/mol. The Kier molecular flexibility index (Phi) is 10.7. The highest BCUT2D eigenvalue weighted by molar-refractivity contribution is 6.00. The quantitative estimate of drug-likeness (QED) is 0.313. The summed E-state index contributed by atoms with van der Waals surface area (Å²) in [5, 5.41) is 13.3. The molecule has 2 aromatic rings. The predicted molar refractivity (Wildman–Crippen MR) is 173 cm³/mol. The lowest BCUT2D eigenvalue weighted by molar-refractivity contribution is -0.135. The maximum atomic E-state index is 13.9. The third-order valence-corrected chi connectivity index (χ3v) is 9.52. The molecule has 2 saturated carbocycles. The summed E-state index contributed by atoms with van der Waals surface area (Å²) in [6.07, 6.45) is 9.26. The Morgan fingerprint density at radius 1 is 1.00 bits per heavy atom. The smallest absolute Gasteiger partial charge is 0.315 e. The number of anilines is 2. The van der Waals surface area contributed by atoms with Crippen LogP contribution in [0.1, 0.15) is 70.3 Å². The van der Waals surface area contributed by atoms with Crippen molar-refractivity contribution in [3.63, 3.8) is 0 Å². The van der Waals surface area contributed by atoms with Gasteiger partial charge in [0.1, 0.15) is 17.9 Å². The van der Waals surface area contributed by atoms with Gasteiger partial charge in [0, 0.05) is 56.4 Å². The molecular formula is C33H48N8O4. The van der Waals surface area contributed by atoms with Crippen LogP contribution in [0.3, 0.4) is 0 Å². The van der Waals surface area contributed by atoms with Crippen molar-refractivity contribution in [1.82, 2.24) is 30.2 Å². The number of aryl methyl sites for hydroxylation is 1. The third kappa shape index (κ3) is 8.02. The van der Waals surface area contributed by atoms with E-state index in [9.17, 15) is 19.2 Å². The van der Waals surface area contributed by atoms with Gasteiger partial charge in [0.2, 0.25) is 18.2 Å². The summed E-state index contributed by atoms with van der Waals surface area (Å²) in [4.78, 5) is 58.4. The molecule has 0 unspecified atom stereocenters. The van der Waals surface area contributed by atoms with Crippen LogP contribution >= 0.6 is 0 Å². The Morgan fingerprint density at radius 2 is 1.69 bits per heavy atom. The zero-order chi connectivity index (χ0) is 31.9. The number of benzene rings is 1. The van der Waals surface area contributed by atoms with Gasteiger partial charge in [0.05, 0.1) is 6.20 Å². The molecular weight excluding hydrogens is 572 g/mol. The molecule has 0 radical (unpaired) electrons. The average Bonchev–Trinajstić information content (AvgIpc) is 3.74. The van der Waals surface area contributed by atoms with Crippen molar-refractivity contribution in [3.8, 4) is 0 Å². The van der Waals surface area contributed by atoms with E-state index < -0.39 is 12.1 Å². The topological polar surface area (TPSA) is 132 Å². The molecule has 5 amide bonds. The van der Waals surface area contributed by atoms with Gasteiger partial charge in [-0.25, -0.2) is 9.48 Å². The molecule has 3 atom stereocenters. The normalized spacial score (nSPS) is 19.7. The van der Waals surface area contributed by atoms with Gasteiger partial charge in [-0.2, -0.15) is 5.10 Å². The van der Waals surface area contributed by atoms with Gasteiger partial charge in [-0.1, -0.05) is 38.3 Å². The molecule has 2 aliphatic carbocycles.